The number of hydrogen-bond acceptors (Lipinski definition) is 6. The second-order valence-corrected chi connectivity index (χ2v) is 8.38. The van der Waals surface area contributed by atoms with Crippen LogP contribution in [0.2, 0.25) is 0 Å². The van der Waals surface area contributed by atoms with Crippen LogP contribution in [0, 0.1) is 17.2 Å². The van der Waals surface area contributed by atoms with Crippen molar-refractivity contribution in [2.45, 2.75) is 32.2 Å². The Labute approximate surface area is 177 Å². The Bertz CT molecular complexity index is 853. The minimum Gasteiger partial charge on any atom is -0.368 e. The molecule has 2 saturated heterocycles. The van der Waals surface area contributed by atoms with Gasteiger partial charge in [0.2, 0.25) is 11.9 Å². The van der Waals surface area contributed by atoms with Crippen molar-refractivity contribution in [3.05, 3.63) is 53.9 Å². The summed E-state index contributed by atoms with van der Waals surface area (Å²) in [5, 5.41) is 8.49. The summed E-state index contributed by atoms with van der Waals surface area (Å²) < 4.78 is 0. The Hall–Kier alpha value is -2.80. The van der Waals surface area contributed by atoms with Gasteiger partial charge in [-0.3, -0.25) is 9.69 Å². The first kappa shape index (κ1) is 20.5. The van der Waals surface area contributed by atoms with Crippen LogP contribution in [0.15, 0.2) is 42.7 Å². The highest BCUT2D eigenvalue weighted by Gasteiger charge is 2.32. The van der Waals surface area contributed by atoms with E-state index in [1.54, 1.807) is 12.4 Å². The molecule has 7 heteroatoms. The fourth-order valence-electron chi connectivity index (χ4n) is 4.54. The zero-order valence-electron chi connectivity index (χ0n) is 17.3. The van der Waals surface area contributed by atoms with Crippen molar-refractivity contribution >= 4 is 17.6 Å². The quantitative estimate of drug-likeness (QED) is 0.744. The van der Waals surface area contributed by atoms with Crippen molar-refractivity contribution in [1.82, 2.24) is 19.8 Å². The van der Waals surface area contributed by atoms with Crippen molar-refractivity contribution in [2.24, 2.45) is 11.8 Å². The number of carbonyl (C=O) groups excluding carboxylic acids is 1. The lowest BCUT2D eigenvalue weighted by atomic mass is 9.87. The van der Waals surface area contributed by atoms with Gasteiger partial charge in [-0.1, -0.05) is 30.3 Å². The average Bonchev–Trinajstić information content (AvgIpc) is 2.81. The number of amides is 1. The van der Waals surface area contributed by atoms with Crippen LogP contribution in [0.1, 0.15) is 36.8 Å². The summed E-state index contributed by atoms with van der Waals surface area (Å²) in [6.07, 6.45) is 7.11. The van der Waals surface area contributed by atoms with E-state index in [2.05, 4.69) is 14.9 Å². The number of benzene rings is 1. The van der Waals surface area contributed by atoms with E-state index in [1.165, 1.54) is 0 Å². The Morgan fingerprint density at radius 2 is 1.57 bits per heavy atom. The maximum absolute atomic E-state index is 13.0. The number of hydrogen-bond donors (Lipinski definition) is 2. The van der Waals surface area contributed by atoms with E-state index in [9.17, 15) is 4.79 Å². The topological polar surface area (TPSA) is 99.2 Å². The maximum Gasteiger partial charge on any atom is 0.225 e. The van der Waals surface area contributed by atoms with Crippen LogP contribution in [0.3, 0.4) is 0 Å². The van der Waals surface area contributed by atoms with Crippen LogP contribution in [-0.4, -0.2) is 57.6 Å². The number of piperidine rings is 2. The molecule has 2 aliphatic rings. The van der Waals surface area contributed by atoms with Crippen LogP contribution in [0.25, 0.3) is 0 Å². The standard InChI is InChI=1S/C23H30N6O/c24-21(18-4-2-1-3-5-18)19-8-12-29(13-9-19)22(30)20-6-10-28(11-7-20)16-17-14-26-23(25)27-15-17/h1-5,14-15,19-20,24H,6-13,16H2,(H2,25,26,27). The molecule has 0 radical (unpaired) electrons. The third-order valence-electron chi connectivity index (χ3n) is 6.37. The summed E-state index contributed by atoms with van der Waals surface area (Å²) in [5.74, 6) is 0.968. The molecule has 3 heterocycles. The number of nitrogens with one attached hydrogen (secondary N) is 1. The van der Waals surface area contributed by atoms with E-state index in [0.29, 0.717) is 17.6 Å². The smallest absolute Gasteiger partial charge is 0.225 e. The van der Waals surface area contributed by atoms with Gasteiger partial charge in [-0.15, -0.1) is 0 Å². The lowest BCUT2D eigenvalue weighted by Gasteiger charge is -2.37. The van der Waals surface area contributed by atoms with Crippen LogP contribution in [-0.2, 0) is 11.3 Å². The summed E-state index contributed by atoms with van der Waals surface area (Å²) in [4.78, 5) is 25.5. The number of rotatable bonds is 5. The molecule has 0 bridgehead atoms. The van der Waals surface area contributed by atoms with Crippen molar-refractivity contribution in [3.63, 3.8) is 0 Å². The minimum absolute atomic E-state index is 0.119. The van der Waals surface area contributed by atoms with Gasteiger partial charge in [-0.25, -0.2) is 9.97 Å². The fourth-order valence-corrected chi connectivity index (χ4v) is 4.54. The highest BCUT2D eigenvalue weighted by Crippen LogP contribution is 2.26. The number of likely N-dealkylation sites (tertiary alicyclic amines) is 2. The summed E-state index contributed by atoms with van der Waals surface area (Å²) in [7, 11) is 0. The van der Waals surface area contributed by atoms with Gasteiger partial charge in [0.1, 0.15) is 0 Å². The minimum atomic E-state index is 0.119. The molecular weight excluding hydrogens is 376 g/mol. The molecule has 30 heavy (non-hydrogen) atoms. The predicted octanol–water partition coefficient (Wildman–Crippen LogP) is 2.58. The molecule has 3 N–H and O–H groups in total. The van der Waals surface area contributed by atoms with Gasteiger partial charge in [0.25, 0.3) is 0 Å². The van der Waals surface area contributed by atoms with Crippen LogP contribution >= 0.6 is 0 Å². The number of aromatic nitrogens is 2. The van der Waals surface area contributed by atoms with E-state index >= 15 is 0 Å². The maximum atomic E-state index is 13.0. The lowest BCUT2D eigenvalue weighted by molar-refractivity contribution is -0.138. The SMILES string of the molecule is N=C(c1ccccc1)C1CCN(C(=O)C2CCN(Cc3cnc(N)nc3)CC2)CC1. The number of nitrogen functional groups attached to an aromatic ring is 1. The van der Waals surface area contributed by atoms with Crippen LogP contribution < -0.4 is 5.73 Å². The Morgan fingerprint density at radius 3 is 2.20 bits per heavy atom. The summed E-state index contributed by atoms with van der Waals surface area (Å²) in [6, 6.07) is 9.95. The largest absolute Gasteiger partial charge is 0.368 e. The predicted molar refractivity (Wildman–Crippen MR) is 117 cm³/mol. The number of nitrogens with zero attached hydrogens (tertiary/aromatic N) is 4. The highest BCUT2D eigenvalue weighted by molar-refractivity contribution is 6.00. The van der Waals surface area contributed by atoms with E-state index in [4.69, 9.17) is 11.1 Å². The monoisotopic (exact) mass is 406 g/mol. The zero-order valence-corrected chi connectivity index (χ0v) is 17.3. The first-order valence-electron chi connectivity index (χ1n) is 10.8. The summed E-state index contributed by atoms with van der Waals surface area (Å²) in [5.41, 5.74) is 8.31. The van der Waals surface area contributed by atoms with Gasteiger partial charge < -0.3 is 16.0 Å². The molecular formula is C23H30N6O. The van der Waals surface area contributed by atoms with E-state index in [0.717, 1.165) is 69.5 Å². The fraction of sp³-hybridized carbons (Fsp3) is 0.478. The molecule has 0 aliphatic carbocycles. The van der Waals surface area contributed by atoms with E-state index in [1.807, 2.05) is 35.2 Å². The van der Waals surface area contributed by atoms with Gasteiger partial charge in [-0.2, -0.15) is 0 Å². The molecule has 0 unspecified atom stereocenters. The van der Waals surface area contributed by atoms with Gasteiger partial charge in [0.15, 0.2) is 0 Å². The Balaban J connectivity index is 1.23. The molecule has 1 amide bonds. The van der Waals surface area contributed by atoms with E-state index < -0.39 is 0 Å². The Morgan fingerprint density at radius 1 is 0.967 bits per heavy atom. The molecule has 7 nitrogen and oxygen atoms in total. The number of nitrogens with two attached hydrogens (primary N) is 1. The molecule has 0 saturated carbocycles. The molecule has 2 aliphatic heterocycles. The molecule has 0 spiro atoms. The Kier molecular flexibility index (Phi) is 6.38. The molecule has 1 aromatic heterocycles. The van der Waals surface area contributed by atoms with Crippen molar-refractivity contribution in [3.8, 4) is 0 Å². The van der Waals surface area contributed by atoms with Crippen molar-refractivity contribution in [2.75, 3.05) is 31.9 Å². The molecule has 0 atom stereocenters. The highest BCUT2D eigenvalue weighted by atomic mass is 16.2. The molecule has 2 fully saturated rings. The second-order valence-electron chi connectivity index (χ2n) is 8.38. The average molecular weight is 407 g/mol. The van der Waals surface area contributed by atoms with Crippen molar-refractivity contribution < 1.29 is 4.79 Å². The van der Waals surface area contributed by atoms with Gasteiger partial charge in [-0.05, 0) is 44.3 Å². The normalized spacial score (nSPS) is 19.0. The third kappa shape index (κ3) is 4.84. The molecule has 158 valence electrons. The first-order valence-corrected chi connectivity index (χ1v) is 10.8. The molecule has 2 aromatic rings. The van der Waals surface area contributed by atoms with Gasteiger partial charge in [0.05, 0.1) is 0 Å². The molecule has 1 aromatic carbocycles. The lowest BCUT2D eigenvalue weighted by Crippen LogP contribution is -2.46. The van der Waals surface area contributed by atoms with E-state index in [-0.39, 0.29) is 11.8 Å². The third-order valence-corrected chi connectivity index (χ3v) is 6.37. The van der Waals surface area contributed by atoms with Crippen molar-refractivity contribution in [1.29, 1.82) is 5.41 Å². The van der Waals surface area contributed by atoms with Gasteiger partial charge in [0, 0.05) is 55.1 Å². The zero-order chi connectivity index (χ0) is 20.9. The number of anilines is 1. The summed E-state index contributed by atoms with van der Waals surface area (Å²) in [6.45, 7) is 4.16. The summed E-state index contributed by atoms with van der Waals surface area (Å²) >= 11 is 0. The van der Waals surface area contributed by atoms with Crippen LogP contribution in [0.5, 0.6) is 0 Å². The van der Waals surface area contributed by atoms with Gasteiger partial charge >= 0.3 is 0 Å². The van der Waals surface area contributed by atoms with Crippen LogP contribution in [0.4, 0.5) is 5.95 Å². The first-order chi connectivity index (χ1) is 14.6. The second kappa shape index (κ2) is 9.34. The molecule has 4 rings (SSSR count). The number of carbonyl (C=O) groups is 1.